The van der Waals surface area contributed by atoms with E-state index in [2.05, 4.69) is 11.6 Å². The number of hydrogen-bond acceptors (Lipinski definition) is 3. The monoisotopic (exact) mass is 296 g/mol. The summed E-state index contributed by atoms with van der Waals surface area (Å²) in [6, 6.07) is 7.12. The fourth-order valence-corrected chi connectivity index (χ4v) is 4.44. The molecule has 1 fully saturated rings. The number of rotatable bonds is 5. The SMILES string of the molecule is CCC1CCCCC1NS(=O)(=O)Cc1ccc(N)cc1. The van der Waals surface area contributed by atoms with Crippen LogP contribution in [0.25, 0.3) is 0 Å². The van der Waals surface area contributed by atoms with Gasteiger partial charge in [0.05, 0.1) is 5.75 Å². The lowest BCUT2D eigenvalue weighted by Crippen LogP contribution is -2.42. The quantitative estimate of drug-likeness (QED) is 0.821. The molecule has 1 aromatic carbocycles. The van der Waals surface area contributed by atoms with E-state index in [0.717, 1.165) is 31.2 Å². The molecule has 5 heteroatoms. The van der Waals surface area contributed by atoms with Crippen molar-refractivity contribution in [1.29, 1.82) is 0 Å². The van der Waals surface area contributed by atoms with Crippen molar-refractivity contribution < 1.29 is 8.42 Å². The Morgan fingerprint density at radius 3 is 2.50 bits per heavy atom. The molecule has 0 aromatic heterocycles. The second-order valence-corrected chi connectivity index (χ2v) is 7.43. The van der Waals surface area contributed by atoms with Crippen molar-refractivity contribution in [3.63, 3.8) is 0 Å². The van der Waals surface area contributed by atoms with Crippen LogP contribution in [0.5, 0.6) is 0 Å². The number of sulfonamides is 1. The summed E-state index contributed by atoms with van der Waals surface area (Å²) < 4.78 is 27.4. The Morgan fingerprint density at radius 2 is 1.85 bits per heavy atom. The number of anilines is 1. The van der Waals surface area contributed by atoms with E-state index in [1.165, 1.54) is 6.42 Å². The Bertz CT molecular complexity index is 525. The first-order valence-corrected chi connectivity index (χ1v) is 9.00. The standard InChI is InChI=1S/C15H24N2O2S/c1-2-13-5-3-4-6-15(13)17-20(18,19)11-12-7-9-14(16)10-8-12/h7-10,13,15,17H,2-6,11,16H2,1H3. The lowest BCUT2D eigenvalue weighted by atomic mass is 9.83. The molecule has 0 heterocycles. The van der Waals surface area contributed by atoms with Crippen LogP contribution in [0.3, 0.4) is 0 Å². The number of nitrogens with two attached hydrogens (primary N) is 1. The second kappa shape index (κ2) is 6.59. The van der Waals surface area contributed by atoms with Crippen molar-refractivity contribution in [1.82, 2.24) is 4.72 Å². The number of nitrogens with one attached hydrogen (secondary N) is 1. The molecule has 2 atom stereocenters. The highest BCUT2D eigenvalue weighted by molar-refractivity contribution is 7.88. The van der Waals surface area contributed by atoms with Gasteiger partial charge in [0.2, 0.25) is 10.0 Å². The predicted octanol–water partition coefficient (Wildman–Crippen LogP) is 2.66. The summed E-state index contributed by atoms with van der Waals surface area (Å²) in [7, 11) is -3.28. The molecule has 20 heavy (non-hydrogen) atoms. The van der Waals surface area contributed by atoms with E-state index in [4.69, 9.17) is 5.73 Å². The van der Waals surface area contributed by atoms with E-state index < -0.39 is 10.0 Å². The predicted molar refractivity (Wildman–Crippen MR) is 82.7 cm³/mol. The Labute approximate surface area is 121 Å². The fourth-order valence-electron chi connectivity index (χ4n) is 2.96. The summed E-state index contributed by atoms with van der Waals surface area (Å²) in [4.78, 5) is 0. The topological polar surface area (TPSA) is 72.2 Å². The first-order chi connectivity index (χ1) is 9.50. The first-order valence-electron chi connectivity index (χ1n) is 7.34. The van der Waals surface area contributed by atoms with E-state index in [1.54, 1.807) is 24.3 Å². The molecule has 0 spiro atoms. The maximum atomic E-state index is 12.3. The molecule has 112 valence electrons. The van der Waals surface area contributed by atoms with Crippen LogP contribution in [-0.2, 0) is 15.8 Å². The minimum atomic E-state index is -3.28. The molecular weight excluding hydrogens is 272 g/mol. The third kappa shape index (κ3) is 4.21. The lowest BCUT2D eigenvalue weighted by Gasteiger charge is -2.31. The number of nitrogen functional groups attached to an aromatic ring is 1. The zero-order valence-electron chi connectivity index (χ0n) is 12.0. The molecular formula is C15H24N2O2S. The van der Waals surface area contributed by atoms with Crippen molar-refractivity contribution >= 4 is 15.7 Å². The molecule has 2 unspecified atom stereocenters. The summed E-state index contributed by atoms with van der Waals surface area (Å²) in [6.45, 7) is 2.14. The Morgan fingerprint density at radius 1 is 1.20 bits per heavy atom. The molecule has 1 aromatic rings. The molecule has 0 saturated heterocycles. The van der Waals surface area contributed by atoms with Crippen LogP contribution in [0.2, 0.25) is 0 Å². The highest BCUT2D eigenvalue weighted by Crippen LogP contribution is 2.27. The molecule has 4 nitrogen and oxygen atoms in total. The van der Waals surface area contributed by atoms with Crippen molar-refractivity contribution in [2.24, 2.45) is 5.92 Å². The Kier molecular flexibility index (Phi) is 5.05. The largest absolute Gasteiger partial charge is 0.399 e. The van der Waals surface area contributed by atoms with E-state index in [-0.39, 0.29) is 11.8 Å². The molecule has 1 aliphatic carbocycles. The number of hydrogen-bond donors (Lipinski definition) is 2. The van der Waals surface area contributed by atoms with Crippen LogP contribution < -0.4 is 10.5 Å². The van der Waals surface area contributed by atoms with Crippen molar-refractivity contribution in [3.8, 4) is 0 Å². The van der Waals surface area contributed by atoms with E-state index in [9.17, 15) is 8.42 Å². The van der Waals surface area contributed by atoms with Crippen LogP contribution in [0.15, 0.2) is 24.3 Å². The van der Waals surface area contributed by atoms with Gasteiger partial charge in [0, 0.05) is 11.7 Å². The van der Waals surface area contributed by atoms with Gasteiger partial charge in [0.1, 0.15) is 0 Å². The molecule has 1 aliphatic rings. The van der Waals surface area contributed by atoms with Crippen molar-refractivity contribution in [3.05, 3.63) is 29.8 Å². The molecule has 0 bridgehead atoms. The zero-order chi connectivity index (χ0) is 14.6. The van der Waals surface area contributed by atoms with Gasteiger partial charge in [0.25, 0.3) is 0 Å². The van der Waals surface area contributed by atoms with Crippen LogP contribution in [0, 0.1) is 5.92 Å². The summed E-state index contributed by atoms with van der Waals surface area (Å²) >= 11 is 0. The number of benzene rings is 1. The smallest absolute Gasteiger partial charge is 0.216 e. The van der Waals surface area contributed by atoms with Crippen molar-refractivity contribution in [2.45, 2.75) is 50.8 Å². The van der Waals surface area contributed by atoms with Gasteiger partial charge < -0.3 is 5.73 Å². The summed E-state index contributed by atoms with van der Waals surface area (Å²) in [6.07, 6.45) is 5.46. The minimum Gasteiger partial charge on any atom is -0.399 e. The van der Waals surface area contributed by atoms with E-state index in [0.29, 0.717) is 11.6 Å². The fraction of sp³-hybridized carbons (Fsp3) is 0.600. The summed E-state index contributed by atoms with van der Waals surface area (Å²) in [5.74, 6) is 0.505. The summed E-state index contributed by atoms with van der Waals surface area (Å²) in [5.41, 5.74) is 7.04. The van der Waals surface area contributed by atoms with Gasteiger partial charge in [-0.25, -0.2) is 13.1 Å². The lowest BCUT2D eigenvalue weighted by molar-refractivity contribution is 0.282. The van der Waals surface area contributed by atoms with Gasteiger partial charge in [0.15, 0.2) is 0 Å². The van der Waals surface area contributed by atoms with Crippen LogP contribution in [-0.4, -0.2) is 14.5 Å². The normalized spacial score (nSPS) is 23.6. The summed E-state index contributed by atoms with van der Waals surface area (Å²) in [5, 5.41) is 0. The highest BCUT2D eigenvalue weighted by Gasteiger charge is 2.27. The Hall–Kier alpha value is -1.07. The zero-order valence-corrected chi connectivity index (χ0v) is 12.8. The van der Waals surface area contributed by atoms with Crippen LogP contribution >= 0.6 is 0 Å². The third-order valence-corrected chi connectivity index (χ3v) is 5.48. The van der Waals surface area contributed by atoms with Gasteiger partial charge in [-0.15, -0.1) is 0 Å². The molecule has 2 rings (SSSR count). The molecule has 0 radical (unpaired) electrons. The van der Waals surface area contributed by atoms with E-state index >= 15 is 0 Å². The third-order valence-electron chi connectivity index (χ3n) is 4.10. The average Bonchev–Trinajstić information content (AvgIpc) is 2.41. The van der Waals surface area contributed by atoms with Gasteiger partial charge >= 0.3 is 0 Å². The van der Waals surface area contributed by atoms with Gasteiger partial charge in [-0.3, -0.25) is 0 Å². The highest BCUT2D eigenvalue weighted by atomic mass is 32.2. The molecule has 0 amide bonds. The van der Waals surface area contributed by atoms with Gasteiger partial charge in [-0.1, -0.05) is 38.3 Å². The second-order valence-electron chi connectivity index (χ2n) is 5.68. The maximum absolute atomic E-state index is 12.3. The molecule has 3 N–H and O–H groups in total. The van der Waals surface area contributed by atoms with E-state index in [1.807, 2.05) is 0 Å². The van der Waals surface area contributed by atoms with Gasteiger partial charge in [-0.05, 0) is 36.5 Å². The maximum Gasteiger partial charge on any atom is 0.216 e. The first kappa shape index (κ1) is 15.3. The molecule has 1 saturated carbocycles. The average molecular weight is 296 g/mol. The van der Waals surface area contributed by atoms with Crippen LogP contribution in [0.4, 0.5) is 5.69 Å². The molecule has 0 aliphatic heterocycles. The van der Waals surface area contributed by atoms with Gasteiger partial charge in [-0.2, -0.15) is 0 Å². The minimum absolute atomic E-state index is 0.0280. The Balaban J connectivity index is 2.01. The van der Waals surface area contributed by atoms with Crippen molar-refractivity contribution in [2.75, 3.05) is 5.73 Å². The van der Waals surface area contributed by atoms with Crippen LogP contribution in [0.1, 0.15) is 44.6 Å².